The van der Waals surface area contributed by atoms with E-state index in [9.17, 15) is 9.90 Å². The van der Waals surface area contributed by atoms with E-state index in [1.54, 1.807) is 11.8 Å². The second kappa shape index (κ2) is 6.79. The zero-order valence-corrected chi connectivity index (χ0v) is 14.3. The van der Waals surface area contributed by atoms with Crippen LogP contribution in [0.1, 0.15) is 38.7 Å². The second-order valence-electron chi connectivity index (χ2n) is 5.86. The first-order valence-corrected chi connectivity index (χ1v) is 9.18. The molecule has 1 saturated heterocycles. The number of carboxylic acid groups (broad SMARTS) is 1. The highest BCUT2D eigenvalue weighted by Gasteiger charge is 2.40. The van der Waals surface area contributed by atoms with Gasteiger partial charge in [0.2, 0.25) is 0 Å². The van der Waals surface area contributed by atoms with Crippen LogP contribution in [-0.2, 0) is 4.79 Å². The van der Waals surface area contributed by atoms with Crippen molar-refractivity contribution in [1.82, 2.24) is 4.90 Å². The quantitative estimate of drug-likeness (QED) is 0.911. The fraction of sp³-hybridized carbons (Fsp3) is 0.444. The van der Waals surface area contributed by atoms with Gasteiger partial charge < -0.3 is 10.0 Å². The van der Waals surface area contributed by atoms with Gasteiger partial charge in [-0.3, -0.25) is 0 Å². The van der Waals surface area contributed by atoms with Crippen LogP contribution in [0.25, 0.3) is 5.70 Å². The molecular weight excluding hydrogens is 308 g/mol. The maximum Gasteiger partial charge on any atom is 0.335 e. The molecule has 23 heavy (non-hydrogen) atoms. The minimum atomic E-state index is -0.857. The first-order valence-electron chi connectivity index (χ1n) is 8.20. The Balaban J connectivity index is 2.16. The number of nitrogens with zero attached hydrogens (tertiary/aromatic N) is 2. The highest BCUT2D eigenvalue weighted by Crippen LogP contribution is 2.38. The number of fused-ring (bicyclic) bond motifs is 1. The van der Waals surface area contributed by atoms with Crippen LogP contribution in [0, 0.1) is 0 Å². The lowest BCUT2D eigenvalue weighted by Gasteiger charge is -2.45. The third kappa shape index (κ3) is 2.90. The van der Waals surface area contributed by atoms with E-state index in [1.807, 2.05) is 30.3 Å². The molecule has 2 unspecified atom stereocenters. The van der Waals surface area contributed by atoms with E-state index in [0.717, 1.165) is 35.7 Å². The van der Waals surface area contributed by atoms with Gasteiger partial charge in [0.25, 0.3) is 0 Å². The predicted molar refractivity (Wildman–Crippen MR) is 95.5 cm³/mol. The topological polar surface area (TPSA) is 52.9 Å². The van der Waals surface area contributed by atoms with Crippen LogP contribution in [0.3, 0.4) is 0 Å². The number of carbonyl (C=O) groups is 1. The van der Waals surface area contributed by atoms with Gasteiger partial charge in [-0.2, -0.15) is 0 Å². The normalized spacial score (nSPS) is 24.3. The summed E-state index contributed by atoms with van der Waals surface area (Å²) in [6.45, 7) is 4.23. The number of aliphatic carboxylic acids is 1. The molecule has 0 radical (unpaired) electrons. The maximum atomic E-state index is 12.0. The molecule has 0 amide bonds. The van der Waals surface area contributed by atoms with Gasteiger partial charge in [0.1, 0.15) is 0 Å². The van der Waals surface area contributed by atoms with E-state index in [2.05, 4.69) is 18.7 Å². The summed E-state index contributed by atoms with van der Waals surface area (Å²) in [6, 6.07) is 9.95. The van der Waals surface area contributed by atoms with Crippen LogP contribution in [0.15, 0.2) is 40.9 Å². The Hall–Kier alpha value is -1.75. The zero-order chi connectivity index (χ0) is 16.4. The van der Waals surface area contributed by atoms with Crippen molar-refractivity contribution in [2.75, 3.05) is 5.75 Å². The van der Waals surface area contributed by atoms with E-state index in [1.165, 1.54) is 0 Å². The Labute approximate surface area is 141 Å². The van der Waals surface area contributed by atoms with Crippen molar-refractivity contribution >= 4 is 28.6 Å². The van der Waals surface area contributed by atoms with Gasteiger partial charge in [0.05, 0.1) is 17.3 Å². The summed E-state index contributed by atoms with van der Waals surface area (Å²) < 4.78 is 0. The van der Waals surface area contributed by atoms with Crippen molar-refractivity contribution in [1.29, 1.82) is 0 Å². The summed E-state index contributed by atoms with van der Waals surface area (Å²) in [5.74, 6) is 0.193. The largest absolute Gasteiger partial charge is 0.478 e. The molecule has 2 heterocycles. The van der Waals surface area contributed by atoms with Crippen LogP contribution >= 0.6 is 11.8 Å². The Morgan fingerprint density at radius 3 is 2.65 bits per heavy atom. The number of aliphatic imine (C=N–C) groups is 1. The Morgan fingerprint density at radius 2 is 2.04 bits per heavy atom. The van der Waals surface area contributed by atoms with Crippen LogP contribution in [0.5, 0.6) is 0 Å². The molecule has 1 aromatic carbocycles. The van der Waals surface area contributed by atoms with Gasteiger partial charge >= 0.3 is 5.97 Å². The summed E-state index contributed by atoms with van der Waals surface area (Å²) in [5.41, 5.74) is 1.94. The highest BCUT2D eigenvalue weighted by molar-refractivity contribution is 8.13. The number of rotatable bonds is 4. The molecule has 2 atom stereocenters. The molecule has 5 heteroatoms. The number of thioether (sulfide) groups is 1. The van der Waals surface area contributed by atoms with Gasteiger partial charge in [-0.15, -0.1) is 0 Å². The lowest BCUT2D eigenvalue weighted by atomic mass is 9.93. The smallest absolute Gasteiger partial charge is 0.335 e. The van der Waals surface area contributed by atoms with Crippen LogP contribution in [-0.4, -0.2) is 39.0 Å². The summed E-state index contributed by atoms with van der Waals surface area (Å²) in [4.78, 5) is 19.0. The first kappa shape index (κ1) is 16.1. The van der Waals surface area contributed by atoms with Crippen LogP contribution in [0.4, 0.5) is 0 Å². The van der Waals surface area contributed by atoms with E-state index in [0.29, 0.717) is 17.3 Å². The zero-order valence-electron chi connectivity index (χ0n) is 13.5. The molecule has 2 aliphatic rings. The van der Waals surface area contributed by atoms with Crippen molar-refractivity contribution in [3.8, 4) is 0 Å². The highest BCUT2D eigenvalue weighted by atomic mass is 32.2. The third-order valence-corrected chi connectivity index (χ3v) is 5.56. The van der Waals surface area contributed by atoms with Gasteiger partial charge in [-0.05, 0) is 19.3 Å². The summed E-state index contributed by atoms with van der Waals surface area (Å²) in [7, 11) is 0. The van der Waals surface area contributed by atoms with Gasteiger partial charge in [0, 0.05) is 17.4 Å². The molecule has 0 aliphatic carbocycles. The standard InChI is InChI=1S/C18H22N2O2S/c1-3-13-10-11-23-18-19-16(12-8-6-5-7-9-12)15(17(21)22)14(4-2)20(13)18/h5-9,13-14H,3-4,10-11H2,1-2H3,(H,21,22). The average molecular weight is 330 g/mol. The Kier molecular flexibility index (Phi) is 4.76. The van der Waals surface area contributed by atoms with Crippen LogP contribution < -0.4 is 0 Å². The van der Waals surface area contributed by atoms with Crippen molar-refractivity contribution in [3.63, 3.8) is 0 Å². The van der Waals surface area contributed by atoms with E-state index < -0.39 is 5.97 Å². The Bertz CT molecular complexity index is 654. The van der Waals surface area contributed by atoms with E-state index in [4.69, 9.17) is 4.99 Å². The number of hydrogen-bond acceptors (Lipinski definition) is 4. The lowest BCUT2D eigenvalue weighted by molar-refractivity contribution is -0.133. The molecule has 2 aliphatic heterocycles. The van der Waals surface area contributed by atoms with Gasteiger partial charge in [-0.1, -0.05) is 55.9 Å². The SMILES string of the molecule is CCC1CCSC2=NC(c3ccccc3)=C(C(=O)O)C(CC)N21. The maximum absolute atomic E-state index is 12.0. The number of amidine groups is 1. The van der Waals surface area contributed by atoms with Gasteiger partial charge in [0.15, 0.2) is 5.17 Å². The molecule has 0 saturated carbocycles. The molecular formula is C18H22N2O2S. The third-order valence-electron chi connectivity index (χ3n) is 4.56. The lowest BCUT2D eigenvalue weighted by Crippen LogP contribution is -2.52. The summed E-state index contributed by atoms with van der Waals surface area (Å²) in [5, 5.41) is 10.8. The molecule has 4 nitrogen and oxygen atoms in total. The second-order valence-corrected chi connectivity index (χ2v) is 6.92. The molecule has 1 fully saturated rings. The summed E-state index contributed by atoms with van der Waals surface area (Å²) >= 11 is 1.75. The fourth-order valence-corrected chi connectivity index (χ4v) is 4.60. The van der Waals surface area contributed by atoms with Crippen molar-refractivity contribution in [3.05, 3.63) is 41.5 Å². The first-order chi connectivity index (χ1) is 11.2. The van der Waals surface area contributed by atoms with Crippen molar-refractivity contribution in [2.45, 2.75) is 45.2 Å². The van der Waals surface area contributed by atoms with E-state index in [-0.39, 0.29) is 6.04 Å². The molecule has 0 bridgehead atoms. The van der Waals surface area contributed by atoms with Crippen LogP contribution in [0.2, 0.25) is 0 Å². The molecule has 122 valence electrons. The van der Waals surface area contributed by atoms with E-state index >= 15 is 0 Å². The molecule has 1 N–H and O–H groups in total. The number of carboxylic acids is 1. The average Bonchev–Trinajstić information content (AvgIpc) is 2.59. The fourth-order valence-electron chi connectivity index (χ4n) is 3.45. The number of benzene rings is 1. The molecule has 0 aromatic heterocycles. The predicted octanol–water partition coefficient (Wildman–Crippen LogP) is 3.85. The molecule has 3 rings (SSSR count). The minimum absolute atomic E-state index is 0.104. The Morgan fingerprint density at radius 1 is 1.30 bits per heavy atom. The van der Waals surface area contributed by atoms with Crippen molar-refractivity contribution < 1.29 is 9.90 Å². The molecule has 0 spiro atoms. The minimum Gasteiger partial charge on any atom is -0.478 e. The number of hydrogen-bond donors (Lipinski definition) is 1. The monoisotopic (exact) mass is 330 g/mol. The van der Waals surface area contributed by atoms with Crippen molar-refractivity contribution in [2.24, 2.45) is 4.99 Å². The van der Waals surface area contributed by atoms with Gasteiger partial charge in [-0.25, -0.2) is 9.79 Å². The molecule has 1 aromatic rings. The summed E-state index contributed by atoms with van der Waals surface area (Å²) in [6.07, 6.45) is 2.88.